The molecule has 0 radical (unpaired) electrons. The molecule has 0 aromatic rings. The van der Waals surface area contributed by atoms with Gasteiger partial charge >= 0.3 is 8.25 Å². The fraction of sp³-hybridized carbons (Fsp3) is 1.00. The van der Waals surface area contributed by atoms with Gasteiger partial charge in [0.1, 0.15) is 0 Å². The van der Waals surface area contributed by atoms with Crippen molar-refractivity contribution in [2.45, 2.75) is 13.8 Å². The van der Waals surface area contributed by atoms with Crippen molar-refractivity contribution in [2.24, 2.45) is 0 Å². The molecule has 0 rings (SSSR count). The molecule has 0 aliphatic heterocycles. The summed E-state index contributed by atoms with van der Waals surface area (Å²) in [4.78, 5) is 14.3. The summed E-state index contributed by atoms with van der Waals surface area (Å²) in [5.41, 5.74) is 0. The number of rotatable bonds is 0. The van der Waals surface area contributed by atoms with Crippen LogP contribution in [0.3, 0.4) is 0 Å². The summed E-state index contributed by atoms with van der Waals surface area (Å²) < 4.78 is 8.74. The molecule has 0 bridgehead atoms. The SMILES string of the molecule is CC.N.O=[PH](O)O. The first-order valence-electron chi connectivity index (χ1n) is 1.65. The summed E-state index contributed by atoms with van der Waals surface area (Å²) in [6, 6.07) is 0. The number of hydrogen-bond acceptors (Lipinski definition) is 2. The van der Waals surface area contributed by atoms with E-state index < -0.39 is 8.25 Å². The summed E-state index contributed by atoms with van der Waals surface area (Å²) in [6.45, 7) is 4.00. The summed E-state index contributed by atoms with van der Waals surface area (Å²) in [5.74, 6) is 0. The highest BCUT2D eigenvalue weighted by Crippen LogP contribution is 1.98. The molecular weight excluding hydrogens is 117 g/mol. The Morgan fingerprint density at radius 2 is 1.29 bits per heavy atom. The summed E-state index contributed by atoms with van der Waals surface area (Å²) in [5, 5.41) is 0. The van der Waals surface area contributed by atoms with Gasteiger partial charge in [0.05, 0.1) is 0 Å². The molecule has 0 aromatic carbocycles. The van der Waals surface area contributed by atoms with Crippen LogP contribution in [0.15, 0.2) is 0 Å². The van der Waals surface area contributed by atoms with Crippen LogP contribution in [0.4, 0.5) is 0 Å². The Hall–Kier alpha value is 0.110. The van der Waals surface area contributed by atoms with E-state index in [-0.39, 0.29) is 6.15 Å². The van der Waals surface area contributed by atoms with Crippen molar-refractivity contribution >= 4 is 8.25 Å². The lowest BCUT2D eigenvalue weighted by atomic mass is 11.0. The predicted molar refractivity (Wildman–Crippen MR) is 29.8 cm³/mol. The molecule has 0 unspecified atom stereocenters. The number of hydrogen-bond donors (Lipinski definition) is 3. The monoisotopic (exact) mass is 129 g/mol. The van der Waals surface area contributed by atoms with E-state index in [2.05, 4.69) is 0 Å². The van der Waals surface area contributed by atoms with Gasteiger partial charge in [0, 0.05) is 0 Å². The smallest absolute Gasteiger partial charge is 0.314 e. The van der Waals surface area contributed by atoms with Crippen molar-refractivity contribution in [3.05, 3.63) is 0 Å². The molecule has 7 heavy (non-hydrogen) atoms. The Morgan fingerprint density at radius 1 is 1.29 bits per heavy atom. The molecule has 0 atom stereocenters. The molecule has 5 N–H and O–H groups in total. The van der Waals surface area contributed by atoms with E-state index in [0.717, 1.165) is 0 Å². The standard InChI is InChI=1S/C2H6.H3N.H3O3P/c1-2;;1-4(2)3/h1-2H3;1H3;4H,(H2,1,2,3). The lowest BCUT2D eigenvalue weighted by molar-refractivity contribution is 0.405. The van der Waals surface area contributed by atoms with Crippen molar-refractivity contribution in [1.82, 2.24) is 6.15 Å². The Balaban J connectivity index is -0.0000000480. The second kappa shape index (κ2) is 16.5. The first kappa shape index (κ1) is 15.7. The van der Waals surface area contributed by atoms with Gasteiger partial charge in [0.2, 0.25) is 0 Å². The Kier molecular flexibility index (Phi) is 37.0. The van der Waals surface area contributed by atoms with E-state index in [1.54, 1.807) is 0 Å². The largest absolute Gasteiger partial charge is 0.344 e. The van der Waals surface area contributed by atoms with Crippen LogP contribution in [0.2, 0.25) is 0 Å². The fourth-order valence-electron chi connectivity index (χ4n) is 0. The molecule has 0 saturated heterocycles. The van der Waals surface area contributed by atoms with Crippen LogP contribution in [0, 0.1) is 0 Å². The van der Waals surface area contributed by atoms with Crippen molar-refractivity contribution in [3.63, 3.8) is 0 Å². The van der Waals surface area contributed by atoms with E-state index in [4.69, 9.17) is 14.4 Å². The third-order valence-corrected chi connectivity index (χ3v) is 0. The van der Waals surface area contributed by atoms with Crippen LogP contribution < -0.4 is 6.15 Å². The molecule has 0 spiro atoms. The van der Waals surface area contributed by atoms with Gasteiger partial charge in [-0.2, -0.15) is 0 Å². The Bertz CT molecular complexity index is 35.9. The molecule has 0 fully saturated rings. The Morgan fingerprint density at radius 3 is 1.29 bits per heavy atom. The molecule has 0 amide bonds. The zero-order valence-corrected chi connectivity index (χ0v) is 5.51. The minimum atomic E-state index is -3.13. The van der Waals surface area contributed by atoms with E-state index in [0.29, 0.717) is 0 Å². The molecule has 4 nitrogen and oxygen atoms in total. The maximum atomic E-state index is 8.74. The van der Waals surface area contributed by atoms with Gasteiger partial charge in [-0.15, -0.1) is 0 Å². The molecule has 5 heteroatoms. The quantitative estimate of drug-likeness (QED) is 0.416. The van der Waals surface area contributed by atoms with Crippen LogP contribution in [-0.2, 0) is 4.57 Å². The van der Waals surface area contributed by atoms with Gasteiger partial charge in [0.15, 0.2) is 0 Å². The fourth-order valence-corrected chi connectivity index (χ4v) is 0. The maximum absolute atomic E-state index is 8.74. The van der Waals surface area contributed by atoms with Gasteiger partial charge in [-0.05, 0) is 0 Å². The summed E-state index contributed by atoms with van der Waals surface area (Å²) >= 11 is 0. The van der Waals surface area contributed by atoms with Crippen molar-refractivity contribution < 1.29 is 14.4 Å². The topological polar surface area (TPSA) is 92.5 Å². The summed E-state index contributed by atoms with van der Waals surface area (Å²) in [7, 11) is -3.13. The van der Waals surface area contributed by atoms with Crippen LogP contribution in [-0.4, -0.2) is 9.79 Å². The van der Waals surface area contributed by atoms with Gasteiger partial charge in [0.25, 0.3) is 0 Å². The average Bonchev–Trinajstić information content (AvgIpc) is 1.41. The summed E-state index contributed by atoms with van der Waals surface area (Å²) in [6.07, 6.45) is 0. The van der Waals surface area contributed by atoms with E-state index in [9.17, 15) is 0 Å². The van der Waals surface area contributed by atoms with E-state index in [1.807, 2.05) is 13.8 Å². The van der Waals surface area contributed by atoms with Crippen LogP contribution >= 0.6 is 8.25 Å². The molecule has 0 aromatic heterocycles. The highest BCUT2D eigenvalue weighted by molar-refractivity contribution is 7.30. The second-order valence-electron chi connectivity index (χ2n) is 0.283. The highest BCUT2D eigenvalue weighted by Gasteiger charge is 1.61. The predicted octanol–water partition coefficient (Wildman–Crippen LogP) is 0.549. The van der Waals surface area contributed by atoms with Gasteiger partial charge < -0.3 is 15.9 Å². The third kappa shape index (κ3) is 8530. The normalized spacial score (nSPS) is 5.86. The minimum Gasteiger partial charge on any atom is -0.344 e. The van der Waals surface area contributed by atoms with Crippen molar-refractivity contribution in [3.8, 4) is 0 Å². The van der Waals surface area contributed by atoms with E-state index >= 15 is 0 Å². The van der Waals surface area contributed by atoms with Crippen LogP contribution in [0.25, 0.3) is 0 Å². The molecule has 0 saturated carbocycles. The first-order chi connectivity index (χ1) is 2.73. The zero-order chi connectivity index (χ0) is 5.58. The lowest BCUT2D eigenvalue weighted by Gasteiger charge is -1.61. The lowest BCUT2D eigenvalue weighted by Crippen LogP contribution is -1.38. The maximum Gasteiger partial charge on any atom is 0.314 e. The zero-order valence-electron chi connectivity index (χ0n) is 4.51. The van der Waals surface area contributed by atoms with Crippen LogP contribution in [0.1, 0.15) is 13.8 Å². The molecule has 0 heterocycles. The van der Waals surface area contributed by atoms with Crippen molar-refractivity contribution in [2.75, 3.05) is 0 Å². The van der Waals surface area contributed by atoms with Gasteiger partial charge in [-0.25, -0.2) is 0 Å². The second-order valence-corrected chi connectivity index (χ2v) is 0.848. The molecule has 0 aliphatic rings. The third-order valence-electron chi connectivity index (χ3n) is 0. The van der Waals surface area contributed by atoms with Gasteiger partial charge in [-0.1, -0.05) is 13.8 Å². The molecule has 48 valence electrons. The average molecular weight is 129 g/mol. The van der Waals surface area contributed by atoms with Gasteiger partial charge in [-0.3, -0.25) is 4.57 Å². The minimum absolute atomic E-state index is 0. The van der Waals surface area contributed by atoms with Crippen molar-refractivity contribution in [1.29, 1.82) is 0 Å². The molecular formula is C2H12NO3P. The van der Waals surface area contributed by atoms with E-state index in [1.165, 1.54) is 0 Å². The highest BCUT2D eigenvalue weighted by atomic mass is 31.1. The van der Waals surface area contributed by atoms with Crippen LogP contribution in [0.5, 0.6) is 0 Å². The first-order valence-corrected chi connectivity index (χ1v) is 2.95. The molecule has 0 aliphatic carbocycles. The Labute approximate surface area is 43.7 Å².